The highest BCUT2D eigenvalue weighted by Gasteiger charge is 2.36. The largest absolute Gasteiger partial charge is 0.395 e. The van der Waals surface area contributed by atoms with Crippen LogP contribution < -0.4 is 4.72 Å². The van der Waals surface area contributed by atoms with E-state index in [4.69, 9.17) is 5.11 Å². The maximum Gasteiger partial charge on any atom is 0.256 e. The Morgan fingerprint density at radius 2 is 2.00 bits per heavy atom. The molecule has 0 aromatic heterocycles. The average molecular weight is 326 g/mol. The van der Waals surface area contributed by atoms with Crippen molar-refractivity contribution in [3.8, 4) is 0 Å². The van der Waals surface area contributed by atoms with Crippen LogP contribution in [0, 0.1) is 0 Å². The van der Waals surface area contributed by atoms with Gasteiger partial charge >= 0.3 is 0 Å². The number of aliphatic hydroxyl groups is 1. The molecule has 1 aromatic carbocycles. The zero-order valence-electron chi connectivity index (χ0n) is 12.7. The molecule has 0 saturated heterocycles. The smallest absolute Gasteiger partial charge is 0.256 e. The third kappa shape index (κ3) is 3.98. The third-order valence-electron chi connectivity index (χ3n) is 3.52. The number of aliphatic hydroxyl groups excluding tert-OH is 1. The highest BCUT2D eigenvalue weighted by molar-refractivity contribution is 7.93. The van der Waals surface area contributed by atoms with Crippen molar-refractivity contribution >= 4 is 21.6 Å². The van der Waals surface area contributed by atoms with E-state index in [-0.39, 0.29) is 24.3 Å². The summed E-state index contributed by atoms with van der Waals surface area (Å²) in [6.45, 7) is 2.57. The first-order chi connectivity index (χ1) is 10.5. The van der Waals surface area contributed by atoms with Gasteiger partial charge in [-0.1, -0.05) is 19.1 Å². The second-order valence-corrected chi connectivity index (χ2v) is 7.37. The van der Waals surface area contributed by atoms with Gasteiger partial charge < -0.3 is 10.0 Å². The number of amides is 1. The number of carbonyl (C=O) groups excluding carboxylic acids is 1. The fourth-order valence-corrected chi connectivity index (χ4v) is 3.66. The SMILES string of the molecule is CCCN(CCO)C(=O)c1ccccc1NS(=O)(=O)C1CC1. The molecule has 2 N–H and O–H groups in total. The molecule has 1 fully saturated rings. The van der Waals surface area contributed by atoms with Gasteiger partial charge in [-0.05, 0) is 31.4 Å². The van der Waals surface area contributed by atoms with Gasteiger partial charge in [-0.25, -0.2) is 8.42 Å². The number of hydrogen-bond donors (Lipinski definition) is 2. The molecule has 0 atom stereocenters. The van der Waals surface area contributed by atoms with Crippen molar-refractivity contribution in [1.29, 1.82) is 0 Å². The Balaban J connectivity index is 2.24. The fraction of sp³-hybridized carbons (Fsp3) is 0.533. The predicted molar refractivity (Wildman–Crippen MR) is 85.3 cm³/mol. The predicted octanol–water partition coefficient (Wildman–Crippen LogP) is 1.44. The van der Waals surface area contributed by atoms with E-state index >= 15 is 0 Å². The Kier molecular flexibility index (Phi) is 5.42. The monoisotopic (exact) mass is 326 g/mol. The Hall–Kier alpha value is -1.60. The van der Waals surface area contributed by atoms with Gasteiger partial charge in [0.25, 0.3) is 5.91 Å². The van der Waals surface area contributed by atoms with Crippen molar-refractivity contribution in [1.82, 2.24) is 4.90 Å². The molecule has 1 aromatic rings. The maximum absolute atomic E-state index is 12.6. The summed E-state index contributed by atoms with van der Waals surface area (Å²) < 4.78 is 26.7. The molecule has 0 unspecified atom stereocenters. The van der Waals surface area contributed by atoms with Gasteiger partial charge in [0.2, 0.25) is 10.0 Å². The number of sulfonamides is 1. The van der Waals surface area contributed by atoms with Gasteiger partial charge in [-0.15, -0.1) is 0 Å². The van der Waals surface area contributed by atoms with E-state index in [0.717, 1.165) is 6.42 Å². The summed E-state index contributed by atoms with van der Waals surface area (Å²) in [6, 6.07) is 6.59. The lowest BCUT2D eigenvalue weighted by atomic mass is 10.1. The van der Waals surface area contributed by atoms with Crippen LogP contribution in [0.5, 0.6) is 0 Å². The van der Waals surface area contributed by atoms with Crippen molar-refractivity contribution in [2.45, 2.75) is 31.4 Å². The number of carbonyl (C=O) groups is 1. The molecule has 1 aliphatic carbocycles. The summed E-state index contributed by atoms with van der Waals surface area (Å²) in [5, 5.41) is 8.74. The van der Waals surface area contributed by atoms with Crippen LogP contribution in [0.25, 0.3) is 0 Å². The quantitative estimate of drug-likeness (QED) is 0.757. The molecule has 1 amide bonds. The van der Waals surface area contributed by atoms with Gasteiger partial charge in [0.1, 0.15) is 0 Å². The molecule has 0 radical (unpaired) electrons. The third-order valence-corrected chi connectivity index (χ3v) is 5.38. The standard InChI is InChI=1S/C15H22N2O4S/c1-2-9-17(10-11-18)15(19)13-5-3-4-6-14(13)16-22(20,21)12-7-8-12/h3-6,12,16,18H,2,7-11H2,1H3. The van der Waals surface area contributed by atoms with Crippen molar-refractivity contribution in [2.24, 2.45) is 0 Å². The van der Waals surface area contributed by atoms with Gasteiger partial charge in [0.15, 0.2) is 0 Å². The zero-order valence-corrected chi connectivity index (χ0v) is 13.5. The van der Waals surface area contributed by atoms with Crippen LogP contribution in [0.4, 0.5) is 5.69 Å². The van der Waals surface area contributed by atoms with Crippen molar-refractivity contribution < 1.29 is 18.3 Å². The van der Waals surface area contributed by atoms with E-state index in [2.05, 4.69) is 4.72 Å². The molecular weight excluding hydrogens is 304 g/mol. The Morgan fingerprint density at radius 3 is 2.59 bits per heavy atom. The van der Waals surface area contributed by atoms with Crippen molar-refractivity contribution in [3.05, 3.63) is 29.8 Å². The molecule has 1 saturated carbocycles. The lowest BCUT2D eigenvalue weighted by molar-refractivity contribution is 0.0723. The molecule has 0 heterocycles. The second kappa shape index (κ2) is 7.11. The molecule has 0 aliphatic heterocycles. The number of hydrogen-bond acceptors (Lipinski definition) is 4. The van der Waals surface area contributed by atoms with Crippen LogP contribution in [0.15, 0.2) is 24.3 Å². The lowest BCUT2D eigenvalue weighted by Crippen LogP contribution is -2.35. The van der Waals surface area contributed by atoms with Gasteiger partial charge in [-0.2, -0.15) is 0 Å². The fourth-order valence-electron chi connectivity index (χ4n) is 2.25. The average Bonchev–Trinajstić information content (AvgIpc) is 3.32. The molecule has 0 spiro atoms. The minimum Gasteiger partial charge on any atom is -0.395 e. The molecular formula is C15H22N2O4S. The molecule has 0 bridgehead atoms. The number of nitrogens with one attached hydrogen (secondary N) is 1. The maximum atomic E-state index is 12.6. The number of nitrogens with zero attached hydrogens (tertiary/aromatic N) is 1. The molecule has 122 valence electrons. The number of para-hydroxylation sites is 1. The Morgan fingerprint density at radius 1 is 1.32 bits per heavy atom. The van der Waals surface area contributed by atoms with Crippen LogP contribution in [0.3, 0.4) is 0 Å². The minimum absolute atomic E-state index is 0.123. The summed E-state index contributed by atoms with van der Waals surface area (Å²) >= 11 is 0. The van der Waals surface area contributed by atoms with E-state index in [9.17, 15) is 13.2 Å². The van der Waals surface area contributed by atoms with Crippen LogP contribution in [0.1, 0.15) is 36.5 Å². The first-order valence-corrected chi connectivity index (χ1v) is 9.05. The van der Waals surface area contributed by atoms with Crippen LogP contribution in [-0.2, 0) is 10.0 Å². The highest BCUT2D eigenvalue weighted by atomic mass is 32.2. The van der Waals surface area contributed by atoms with Gasteiger partial charge in [-0.3, -0.25) is 9.52 Å². The lowest BCUT2D eigenvalue weighted by Gasteiger charge is -2.22. The molecule has 22 heavy (non-hydrogen) atoms. The highest BCUT2D eigenvalue weighted by Crippen LogP contribution is 2.30. The van der Waals surface area contributed by atoms with Crippen LogP contribution in [0.2, 0.25) is 0 Å². The van der Waals surface area contributed by atoms with E-state index in [1.165, 1.54) is 4.90 Å². The molecule has 2 rings (SSSR count). The van der Waals surface area contributed by atoms with E-state index in [1.807, 2.05) is 6.92 Å². The van der Waals surface area contributed by atoms with E-state index < -0.39 is 10.0 Å². The normalized spacial score (nSPS) is 14.6. The van der Waals surface area contributed by atoms with Gasteiger partial charge in [0.05, 0.1) is 23.1 Å². The van der Waals surface area contributed by atoms with Crippen molar-refractivity contribution in [3.63, 3.8) is 0 Å². The topological polar surface area (TPSA) is 86.7 Å². The first-order valence-electron chi connectivity index (χ1n) is 7.50. The van der Waals surface area contributed by atoms with Gasteiger partial charge in [0, 0.05) is 13.1 Å². The zero-order chi connectivity index (χ0) is 16.2. The summed E-state index contributed by atoms with van der Waals surface area (Å²) in [7, 11) is -3.42. The van der Waals surface area contributed by atoms with E-state index in [1.54, 1.807) is 24.3 Å². The number of rotatable bonds is 8. The van der Waals surface area contributed by atoms with Crippen molar-refractivity contribution in [2.75, 3.05) is 24.4 Å². The first kappa shape index (κ1) is 16.8. The molecule has 6 nitrogen and oxygen atoms in total. The summed E-state index contributed by atoms with van der Waals surface area (Å²) in [5.74, 6) is -0.273. The minimum atomic E-state index is -3.42. The molecule has 7 heteroatoms. The molecule has 1 aliphatic rings. The second-order valence-electron chi connectivity index (χ2n) is 5.41. The number of anilines is 1. The summed E-state index contributed by atoms with van der Waals surface area (Å²) in [6.07, 6.45) is 2.09. The van der Waals surface area contributed by atoms with Crippen LogP contribution in [-0.4, -0.2) is 49.3 Å². The van der Waals surface area contributed by atoms with E-state index in [0.29, 0.717) is 30.6 Å². The summed E-state index contributed by atoms with van der Waals surface area (Å²) in [4.78, 5) is 14.1. The van der Waals surface area contributed by atoms with Crippen LogP contribution >= 0.6 is 0 Å². The Bertz CT molecular complexity index is 620. The Labute approximate surface area is 131 Å². The summed E-state index contributed by atoms with van der Waals surface area (Å²) in [5.41, 5.74) is 0.618. The number of benzene rings is 1.